The molecule has 3 atom stereocenters. The number of rotatable bonds is 14. The fourth-order valence-corrected chi connectivity index (χ4v) is 6.76. The van der Waals surface area contributed by atoms with Crippen LogP contribution in [0.3, 0.4) is 0 Å². The van der Waals surface area contributed by atoms with Gasteiger partial charge in [-0.25, -0.2) is 8.42 Å². The van der Waals surface area contributed by atoms with Crippen LogP contribution in [0.5, 0.6) is 5.75 Å². The number of nitrogens with one attached hydrogen (secondary N) is 2. The van der Waals surface area contributed by atoms with Crippen molar-refractivity contribution in [3.05, 3.63) is 77.3 Å². The normalized spacial score (nSPS) is 17.0. The van der Waals surface area contributed by atoms with Gasteiger partial charge in [-0.3, -0.25) is 14.4 Å². The monoisotopic (exact) mass is 713 g/mol. The maximum atomic E-state index is 13.8. The van der Waals surface area contributed by atoms with Crippen molar-refractivity contribution in [2.45, 2.75) is 63.0 Å². The van der Waals surface area contributed by atoms with Crippen molar-refractivity contribution in [3.63, 3.8) is 0 Å². The van der Waals surface area contributed by atoms with E-state index in [1.807, 2.05) is 6.92 Å². The van der Waals surface area contributed by atoms with Gasteiger partial charge in [0.25, 0.3) is 5.91 Å². The second-order valence-electron chi connectivity index (χ2n) is 12.3. The predicted octanol–water partition coefficient (Wildman–Crippen LogP) is 4.99. The number of carbonyl (C=O) groups excluding carboxylic acids is 3. The third kappa shape index (κ3) is 9.94. The summed E-state index contributed by atoms with van der Waals surface area (Å²) < 4.78 is 34.2. The van der Waals surface area contributed by atoms with E-state index < -0.39 is 22.2 Å². The molecule has 4 rings (SSSR count). The minimum absolute atomic E-state index is 0.0123. The molecule has 0 saturated carbocycles. The molecule has 1 aliphatic heterocycles. The summed E-state index contributed by atoms with van der Waals surface area (Å²) in [6.07, 6.45) is 1.69. The second-order valence-corrected chi connectivity index (χ2v) is 14.8. The molecule has 0 saturated heterocycles. The number of nitrogens with two attached hydrogens (primary N) is 1. The molecule has 0 aromatic heterocycles. The van der Waals surface area contributed by atoms with Crippen LogP contribution in [0.2, 0.25) is 5.02 Å². The summed E-state index contributed by atoms with van der Waals surface area (Å²) in [6.45, 7) is 3.51. The lowest BCUT2D eigenvalue weighted by atomic mass is 9.99. The van der Waals surface area contributed by atoms with Gasteiger partial charge in [0.05, 0.1) is 41.0 Å². The lowest BCUT2D eigenvalue weighted by molar-refractivity contribution is -0.116. The number of likely N-dealkylation sites (N-methyl/N-ethyl adjacent to an activating group) is 1. The van der Waals surface area contributed by atoms with Crippen molar-refractivity contribution in [1.82, 2.24) is 9.21 Å². The average molecular weight is 714 g/mol. The Balaban J connectivity index is 1.40. The first-order valence-electron chi connectivity index (χ1n) is 16.2. The Kier molecular flexibility index (Phi) is 13.0. The zero-order valence-electron chi connectivity index (χ0n) is 27.9. The van der Waals surface area contributed by atoms with Crippen LogP contribution in [0.25, 0.3) is 0 Å². The third-order valence-corrected chi connectivity index (χ3v) is 10.5. The molecule has 12 nitrogen and oxygen atoms in total. The maximum Gasteiger partial charge on any atom is 0.258 e. The van der Waals surface area contributed by atoms with Gasteiger partial charge < -0.3 is 31.1 Å². The van der Waals surface area contributed by atoms with E-state index in [1.165, 1.54) is 41.7 Å². The van der Waals surface area contributed by atoms with Crippen molar-refractivity contribution in [2.24, 2.45) is 5.92 Å². The third-order valence-electron chi connectivity index (χ3n) is 8.45. The summed E-state index contributed by atoms with van der Waals surface area (Å²) in [4.78, 5) is 40.4. The Morgan fingerprint density at radius 2 is 1.69 bits per heavy atom. The topological polar surface area (TPSA) is 171 Å². The number of carbonyl (C=O) groups is 3. The number of fused-ring (bicyclic) bond motifs is 1. The number of halogens is 1. The van der Waals surface area contributed by atoms with Crippen molar-refractivity contribution >= 4 is 56.4 Å². The number of para-hydroxylation sites is 2. The van der Waals surface area contributed by atoms with E-state index in [2.05, 4.69) is 10.6 Å². The minimum atomic E-state index is -3.87. The van der Waals surface area contributed by atoms with Gasteiger partial charge in [-0.2, -0.15) is 4.31 Å². The molecule has 0 bridgehead atoms. The van der Waals surface area contributed by atoms with Gasteiger partial charge in [0.1, 0.15) is 11.9 Å². The number of anilines is 3. The molecule has 264 valence electrons. The number of aliphatic hydroxyl groups is 1. The molecule has 0 fully saturated rings. The Labute approximate surface area is 292 Å². The molecule has 5 N–H and O–H groups in total. The van der Waals surface area contributed by atoms with E-state index in [1.54, 1.807) is 48.2 Å². The molecule has 3 aromatic carbocycles. The highest BCUT2D eigenvalue weighted by molar-refractivity contribution is 7.89. The quantitative estimate of drug-likeness (QED) is 0.134. The van der Waals surface area contributed by atoms with Crippen LogP contribution in [0.1, 0.15) is 56.3 Å². The van der Waals surface area contributed by atoms with Crippen LogP contribution in [-0.2, 0) is 19.6 Å². The van der Waals surface area contributed by atoms with Crippen molar-refractivity contribution in [1.29, 1.82) is 0 Å². The molecule has 3 amide bonds. The van der Waals surface area contributed by atoms with E-state index in [9.17, 15) is 27.9 Å². The lowest BCUT2D eigenvalue weighted by Gasteiger charge is -2.38. The average Bonchev–Trinajstić information content (AvgIpc) is 3.07. The highest BCUT2D eigenvalue weighted by atomic mass is 35.5. The molecule has 49 heavy (non-hydrogen) atoms. The predicted molar refractivity (Wildman–Crippen MR) is 190 cm³/mol. The number of hydrogen-bond acceptors (Lipinski definition) is 8. The first-order chi connectivity index (χ1) is 23.3. The summed E-state index contributed by atoms with van der Waals surface area (Å²) in [6, 6.07) is 17.1. The van der Waals surface area contributed by atoms with E-state index in [0.29, 0.717) is 47.8 Å². The molecule has 1 aliphatic rings. The fraction of sp³-hybridized carbons (Fsp3) is 0.400. The van der Waals surface area contributed by atoms with Crippen molar-refractivity contribution in [3.8, 4) is 5.75 Å². The number of unbranched alkanes of at least 4 members (excludes halogenated alkanes) is 2. The number of benzene rings is 3. The van der Waals surface area contributed by atoms with Crippen molar-refractivity contribution < 1.29 is 32.6 Å². The first-order valence-corrected chi connectivity index (χ1v) is 18.0. The molecule has 0 spiro atoms. The lowest BCUT2D eigenvalue weighted by Crippen LogP contribution is -2.50. The summed E-state index contributed by atoms with van der Waals surface area (Å²) in [5.41, 5.74) is 7.51. The highest BCUT2D eigenvalue weighted by Crippen LogP contribution is 2.31. The minimum Gasteiger partial charge on any atom is -0.488 e. The largest absolute Gasteiger partial charge is 0.488 e. The highest BCUT2D eigenvalue weighted by Gasteiger charge is 2.35. The van der Waals surface area contributed by atoms with Gasteiger partial charge in [-0.05, 0) is 74.4 Å². The van der Waals surface area contributed by atoms with E-state index >= 15 is 0 Å². The zero-order chi connectivity index (χ0) is 35.7. The van der Waals surface area contributed by atoms with Crippen LogP contribution >= 0.6 is 11.6 Å². The fourth-order valence-electron chi connectivity index (χ4n) is 5.45. The van der Waals surface area contributed by atoms with E-state index in [0.717, 1.165) is 0 Å². The van der Waals surface area contributed by atoms with Gasteiger partial charge in [-0.1, -0.05) is 37.1 Å². The zero-order valence-corrected chi connectivity index (χ0v) is 29.5. The van der Waals surface area contributed by atoms with Gasteiger partial charge >= 0.3 is 0 Å². The molecule has 0 aliphatic carbocycles. The standard InChI is InChI=1S/C35H44ClN5O7S/c1-23-20-41(24(2)22-42)35(45)28-19-26(38-33(43)11-5-4-6-12-34(44)39-30-10-8-7-9-29(30)37)15-18-31(28)48-32(23)21-40(3)49(46,47)27-16-13-25(36)14-17-27/h7-10,13-19,23-24,32,42H,4-6,11-12,20-22,37H2,1-3H3,(H,38,43)(H,39,44)/t23-,24+,32-/m0/s1. The molecule has 14 heteroatoms. The Hall–Kier alpha value is -4.17. The van der Waals surface area contributed by atoms with E-state index in [-0.39, 0.29) is 66.0 Å². The summed E-state index contributed by atoms with van der Waals surface area (Å²) in [7, 11) is -2.41. The Morgan fingerprint density at radius 1 is 1.04 bits per heavy atom. The Bertz CT molecular complexity index is 1740. The van der Waals surface area contributed by atoms with Crippen molar-refractivity contribution in [2.75, 3.05) is 43.1 Å². The van der Waals surface area contributed by atoms with E-state index in [4.69, 9.17) is 22.1 Å². The SMILES string of the molecule is C[C@H](CO)N1C[C@H](C)[C@H](CN(C)S(=O)(=O)c2ccc(Cl)cc2)Oc2ccc(NC(=O)CCCCCC(=O)Nc3ccccc3N)cc2C1=O. The summed E-state index contributed by atoms with van der Waals surface area (Å²) >= 11 is 5.95. The van der Waals surface area contributed by atoms with Gasteiger partial charge in [-0.15, -0.1) is 0 Å². The molecular weight excluding hydrogens is 670 g/mol. The molecule has 1 heterocycles. The van der Waals surface area contributed by atoms with Crippen LogP contribution in [0.4, 0.5) is 17.1 Å². The smallest absolute Gasteiger partial charge is 0.258 e. The second kappa shape index (κ2) is 17.0. The Morgan fingerprint density at radius 3 is 2.35 bits per heavy atom. The summed E-state index contributed by atoms with van der Waals surface area (Å²) in [5, 5.41) is 16.0. The number of sulfonamides is 1. The van der Waals surface area contributed by atoms with Gasteiger partial charge in [0.2, 0.25) is 21.8 Å². The molecule has 3 aromatic rings. The van der Waals surface area contributed by atoms with Crippen LogP contribution in [-0.4, -0.2) is 79.3 Å². The maximum absolute atomic E-state index is 13.8. The number of hydrogen-bond donors (Lipinski definition) is 4. The van der Waals surface area contributed by atoms with Crippen LogP contribution in [0, 0.1) is 5.92 Å². The number of ether oxygens (including phenoxy) is 1. The number of nitrogen functional groups attached to an aromatic ring is 1. The van der Waals surface area contributed by atoms with Gasteiger partial charge in [0, 0.05) is 43.1 Å². The van der Waals surface area contributed by atoms with Crippen LogP contribution in [0.15, 0.2) is 71.6 Å². The molecule has 0 unspecified atom stereocenters. The van der Waals surface area contributed by atoms with Crippen LogP contribution < -0.4 is 21.1 Å². The number of nitrogens with zero attached hydrogens (tertiary/aromatic N) is 2. The number of amides is 3. The summed E-state index contributed by atoms with van der Waals surface area (Å²) in [5.74, 6) is -0.846. The molecular formula is C35H44ClN5O7S. The number of aliphatic hydroxyl groups excluding tert-OH is 1. The molecule has 0 radical (unpaired) electrons. The first kappa shape index (κ1) is 37.6. The van der Waals surface area contributed by atoms with Gasteiger partial charge in [0.15, 0.2) is 0 Å².